The number of hydrogen-bond donors (Lipinski definition) is 0. The minimum atomic E-state index is 1.06. The second-order valence-electron chi connectivity index (χ2n) is 21.0. The van der Waals surface area contributed by atoms with Crippen LogP contribution >= 0.6 is 0 Å². The predicted molar refractivity (Wildman–Crippen MR) is 350 cm³/mol. The van der Waals surface area contributed by atoms with Gasteiger partial charge in [0.1, 0.15) is 0 Å². The molecule has 0 atom stereocenters. The smallest absolute Gasteiger partial charge is 0.0541 e. The van der Waals surface area contributed by atoms with Gasteiger partial charge in [0.25, 0.3) is 0 Å². The van der Waals surface area contributed by atoms with E-state index < -0.39 is 0 Å². The summed E-state index contributed by atoms with van der Waals surface area (Å²) in [7, 11) is 0. The second kappa shape index (κ2) is 21.2. The third-order valence-electron chi connectivity index (χ3n) is 16.1. The largest absolute Gasteiger partial charge is 0.311 e. The zero-order chi connectivity index (χ0) is 55.1. The van der Waals surface area contributed by atoms with Crippen LogP contribution in [-0.4, -0.2) is 9.13 Å². The summed E-state index contributed by atoms with van der Waals surface area (Å²) in [6.07, 6.45) is 0. The first-order chi connectivity index (χ1) is 41.2. The Morgan fingerprint density at radius 1 is 0.169 bits per heavy atom. The van der Waals surface area contributed by atoms with Crippen LogP contribution in [0.15, 0.2) is 334 Å². The van der Waals surface area contributed by atoms with E-state index in [0.29, 0.717) is 0 Å². The third kappa shape index (κ3) is 9.03. The molecule has 0 aliphatic rings. The molecule has 2 aromatic heterocycles. The van der Waals surface area contributed by atoms with Gasteiger partial charge in [0, 0.05) is 84.1 Å². The fourth-order valence-electron chi connectivity index (χ4n) is 12.2. The number of aromatic nitrogens is 2. The van der Waals surface area contributed by atoms with Crippen molar-refractivity contribution >= 4 is 94.8 Å². The molecule has 0 fully saturated rings. The number of benzene rings is 13. The Kier molecular flexibility index (Phi) is 12.5. The number of rotatable bonds is 13. The van der Waals surface area contributed by atoms with Crippen LogP contribution < -0.4 is 14.7 Å². The number of fused-ring (bicyclic) bond motifs is 6. The van der Waals surface area contributed by atoms with Gasteiger partial charge in [-0.05, 0) is 180 Å². The van der Waals surface area contributed by atoms with Crippen molar-refractivity contribution in [3.63, 3.8) is 0 Å². The Hall–Kier alpha value is -11.1. The molecule has 0 aliphatic carbocycles. The van der Waals surface area contributed by atoms with E-state index in [-0.39, 0.29) is 0 Å². The Labute approximate surface area is 483 Å². The molecule has 0 radical (unpaired) electrons. The minimum absolute atomic E-state index is 1.06. The fraction of sp³-hybridized carbons (Fsp3) is 0. The highest BCUT2D eigenvalue weighted by molar-refractivity contribution is 6.10. The summed E-state index contributed by atoms with van der Waals surface area (Å²) < 4.78 is 4.75. The molecule has 0 spiro atoms. The van der Waals surface area contributed by atoms with Crippen LogP contribution in [0.4, 0.5) is 51.2 Å². The van der Waals surface area contributed by atoms with Crippen LogP contribution in [0, 0.1) is 0 Å². The highest BCUT2D eigenvalue weighted by atomic mass is 15.2. The van der Waals surface area contributed by atoms with Crippen molar-refractivity contribution in [1.82, 2.24) is 9.13 Å². The summed E-state index contributed by atoms with van der Waals surface area (Å²) in [5, 5.41) is 5.00. The summed E-state index contributed by atoms with van der Waals surface area (Å²) in [5.41, 5.74) is 21.3. The molecule has 0 aliphatic heterocycles. The fourth-order valence-corrected chi connectivity index (χ4v) is 12.2. The standard InChI is InChI=1S/C78H55N5/c1-4-22-60(23-5-1)80(61-24-6-2-7-25-61)69-28-18-20-58(54-69)59-21-19-29-70(55-59)81(62-26-8-3-9-27-62)64-44-40-57(41-45-64)56-38-42-63(43-39-56)79(65-46-50-67(51-47-65)82-75-34-14-10-30-71(75)72-31-11-15-35-76(72)82)66-48-52-68(53-49-66)83-77-36-16-12-32-73(77)74-33-13-17-37-78(74)83/h1-55H. The molecule has 0 amide bonds. The van der Waals surface area contributed by atoms with E-state index in [4.69, 9.17) is 0 Å². The van der Waals surface area contributed by atoms with Crippen molar-refractivity contribution in [1.29, 1.82) is 0 Å². The highest BCUT2D eigenvalue weighted by Gasteiger charge is 2.20. The van der Waals surface area contributed by atoms with Crippen LogP contribution in [0.3, 0.4) is 0 Å². The third-order valence-corrected chi connectivity index (χ3v) is 16.1. The lowest BCUT2D eigenvalue weighted by atomic mass is 10.0. The van der Waals surface area contributed by atoms with Crippen molar-refractivity contribution in [3.8, 4) is 33.6 Å². The van der Waals surface area contributed by atoms with Gasteiger partial charge in [-0.3, -0.25) is 0 Å². The molecule has 83 heavy (non-hydrogen) atoms. The van der Waals surface area contributed by atoms with Crippen molar-refractivity contribution in [2.45, 2.75) is 0 Å². The summed E-state index contributed by atoms with van der Waals surface area (Å²) in [4.78, 5) is 7.02. The zero-order valence-corrected chi connectivity index (χ0v) is 45.5. The van der Waals surface area contributed by atoms with E-state index in [1.807, 2.05) is 0 Å². The summed E-state index contributed by atoms with van der Waals surface area (Å²) in [6.45, 7) is 0. The van der Waals surface area contributed by atoms with E-state index in [1.54, 1.807) is 0 Å². The van der Waals surface area contributed by atoms with Crippen LogP contribution in [0.1, 0.15) is 0 Å². The molecule has 13 aromatic carbocycles. The predicted octanol–water partition coefficient (Wildman–Crippen LogP) is 21.6. The molecule has 0 N–H and O–H groups in total. The van der Waals surface area contributed by atoms with Gasteiger partial charge in [0.15, 0.2) is 0 Å². The number of para-hydroxylation sites is 7. The van der Waals surface area contributed by atoms with E-state index in [2.05, 4.69) is 357 Å². The Bertz CT molecular complexity index is 4460. The number of hydrogen-bond acceptors (Lipinski definition) is 3. The van der Waals surface area contributed by atoms with Gasteiger partial charge in [0.05, 0.1) is 22.1 Å². The zero-order valence-electron chi connectivity index (χ0n) is 45.5. The lowest BCUT2D eigenvalue weighted by Gasteiger charge is -2.27. The first-order valence-corrected chi connectivity index (χ1v) is 28.3. The summed E-state index contributed by atoms with van der Waals surface area (Å²) >= 11 is 0. The molecular formula is C78H55N5. The first kappa shape index (κ1) is 48.9. The average molecular weight is 1060 g/mol. The number of nitrogens with zero attached hydrogens (tertiary/aromatic N) is 5. The lowest BCUT2D eigenvalue weighted by Crippen LogP contribution is -2.10. The van der Waals surface area contributed by atoms with E-state index in [9.17, 15) is 0 Å². The van der Waals surface area contributed by atoms with Crippen LogP contribution in [-0.2, 0) is 0 Å². The summed E-state index contributed by atoms with van der Waals surface area (Å²) in [5.74, 6) is 0. The minimum Gasteiger partial charge on any atom is -0.311 e. The molecular weight excluding hydrogens is 1010 g/mol. The average Bonchev–Trinajstić information content (AvgIpc) is 4.22. The topological polar surface area (TPSA) is 19.6 Å². The number of anilines is 9. The molecule has 392 valence electrons. The van der Waals surface area contributed by atoms with Gasteiger partial charge < -0.3 is 23.8 Å². The van der Waals surface area contributed by atoms with E-state index in [1.165, 1.54) is 43.6 Å². The lowest BCUT2D eigenvalue weighted by molar-refractivity contribution is 1.17. The van der Waals surface area contributed by atoms with Crippen LogP contribution in [0.2, 0.25) is 0 Å². The van der Waals surface area contributed by atoms with Crippen LogP contribution in [0.5, 0.6) is 0 Å². The molecule has 2 heterocycles. The van der Waals surface area contributed by atoms with Crippen molar-refractivity contribution in [3.05, 3.63) is 334 Å². The maximum Gasteiger partial charge on any atom is 0.0541 e. The van der Waals surface area contributed by atoms with Gasteiger partial charge in [-0.15, -0.1) is 0 Å². The molecule has 0 saturated carbocycles. The molecule has 15 aromatic rings. The van der Waals surface area contributed by atoms with Gasteiger partial charge in [-0.25, -0.2) is 0 Å². The van der Waals surface area contributed by atoms with Crippen molar-refractivity contribution < 1.29 is 0 Å². The first-order valence-electron chi connectivity index (χ1n) is 28.3. The Balaban J connectivity index is 0.763. The van der Waals surface area contributed by atoms with E-state index >= 15 is 0 Å². The Morgan fingerprint density at radius 3 is 0.723 bits per heavy atom. The molecule has 0 unspecified atom stereocenters. The van der Waals surface area contributed by atoms with Gasteiger partial charge in [-0.1, -0.05) is 176 Å². The maximum atomic E-state index is 2.38. The molecule has 5 nitrogen and oxygen atoms in total. The second-order valence-corrected chi connectivity index (χ2v) is 21.0. The van der Waals surface area contributed by atoms with E-state index in [0.717, 1.165) is 84.8 Å². The van der Waals surface area contributed by atoms with Gasteiger partial charge in [-0.2, -0.15) is 0 Å². The molecule has 0 saturated heterocycles. The maximum absolute atomic E-state index is 2.38. The molecule has 15 rings (SSSR count). The molecule has 0 bridgehead atoms. The molecule has 5 heteroatoms. The highest BCUT2D eigenvalue weighted by Crippen LogP contribution is 2.43. The van der Waals surface area contributed by atoms with Gasteiger partial charge in [0.2, 0.25) is 0 Å². The Morgan fingerprint density at radius 2 is 0.410 bits per heavy atom. The van der Waals surface area contributed by atoms with Crippen molar-refractivity contribution in [2.24, 2.45) is 0 Å². The van der Waals surface area contributed by atoms with Crippen molar-refractivity contribution in [2.75, 3.05) is 14.7 Å². The summed E-state index contributed by atoms with van der Waals surface area (Å²) in [6, 6.07) is 120. The van der Waals surface area contributed by atoms with Gasteiger partial charge >= 0.3 is 0 Å². The SMILES string of the molecule is c1ccc(N(c2ccccc2)c2cccc(-c3cccc(N(c4ccccc4)c4ccc(-c5ccc(N(c6ccc(-n7c8ccccc8c8ccccc87)cc6)c6ccc(-n7c8ccccc8c8ccccc87)cc6)cc5)cc4)c3)c2)cc1. The normalized spacial score (nSPS) is 11.4. The monoisotopic (exact) mass is 1060 g/mol. The quantitative estimate of drug-likeness (QED) is 0.115. The van der Waals surface area contributed by atoms with Crippen LogP contribution in [0.25, 0.3) is 77.2 Å².